The average molecular weight is 311 g/mol. The Balaban J connectivity index is 2.34. The van der Waals surface area contributed by atoms with Crippen molar-refractivity contribution in [1.29, 1.82) is 0 Å². The summed E-state index contributed by atoms with van der Waals surface area (Å²) >= 11 is 0. The van der Waals surface area contributed by atoms with E-state index in [1.54, 1.807) is 50.7 Å². The first-order valence-corrected chi connectivity index (χ1v) is 6.85. The summed E-state index contributed by atoms with van der Waals surface area (Å²) in [5.74, 6) is 3.71. The topological polar surface area (TPSA) is 72.5 Å². The lowest BCUT2D eigenvalue weighted by molar-refractivity contribution is 0.0959. The molecule has 0 fully saturated rings. The van der Waals surface area contributed by atoms with E-state index in [-0.39, 0.29) is 12.5 Å². The van der Waals surface area contributed by atoms with Crippen LogP contribution in [-0.4, -0.2) is 31.7 Å². The SMILES string of the molecule is C#CCNC(=O)c1cccnc1Nc1cc(OC)ccc1OC. The van der Waals surface area contributed by atoms with Gasteiger partial charge in [0.15, 0.2) is 0 Å². The van der Waals surface area contributed by atoms with Gasteiger partial charge in [-0.2, -0.15) is 0 Å². The average Bonchev–Trinajstić information content (AvgIpc) is 2.60. The van der Waals surface area contributed by atoms with E-state index in [1.807, 2.05) is 0 Å². The van der Waals surface area contributed by atoms with E-state index < -0.39 is 0 Å². The van der Waals surface area contributed by atoms with Crippen molar-refractivity contribution in [2.24, 2.45) is 0 Å². The van der Waals surface area contributed by atoms with Gasteiger partial charge in [0.2, 0.25) is 0 Å². The van der Waals surface area contributed by atoms with Gasteiger partial charge in [-0.05, 0) is 24.3 Å². The summed E-state index contributed by atoms with van der Waals surface area (Å²) in [6.45, 7) is 0.148. The monoisotopic (exact) mass is 311 g/mol. The Bertz CT molecular complexity index is 738. The third-order valence-electron chi connectivity index (χ3n) is 3.06. The highest BCUT2D eigenvalue weighted by Gasteiger charge is 2.14. The Morgan fingerprint density at radius 3 is 2.83 bits per heavy atom. The molecule has 1 aromatic carbocycles. The second-order valence-electron chi connectivity index (χ2n) is 4.48. The first-order valence-electron chi connectivity index (χ1n) is 6.85. The van der Waals surface area contributed by atoms with Crippen LogP contribution in [-0.2, 0) is 0 Å². The minimum Gasteiger partial charge on any atom is -0.497 e. The van der Waals surface area contributed by atoms with Crippen molar-refractivity contribution in [3.8, 4) is 23.8 Å². The third-order valence-corrected chi connectivity index (χ3v) is 3.06. The number of anilines is 2. The number of carbonyl (C=O) groups excluding carboxylic acids is 1. The van der Waals surface area contributed by atoms with Gasteiger partial charge >= 0.3 is 0 Å². The highest BCUT2D eigenvalue weighted by molar-refractivity contribution is 5.99. The zero-order valence-electron chi connectivity index (χ0n) is 12.9. The molecule has 0 spiro atoms. The number of hydrogen-bond acceptors (Lipinski definition) is 5. The van der Waals surface area contributed by atoms with Gasteiger partial charge in [0.1, 0.15) is 17.3 Å². The van der Waals surface area contributed by atoms with E-state index >= 15 is 0 Å². The Labute approximate surface area is 134 Å². The smallest absolute Gasteiger partial charge is 0.255 e. The maximum absolute atomic E-state index is 12.1. The fraction of sp³-hybridized carbons (Fsp3) is 0.176. The van der Waals surface area contributed by atoms with Crippen molar-refractivity contribution in [3.05, 3.63) is 42.1 Å². The van der Waals surface area contributed by atoms with Crippen LogP contribution in [0, 0.1) is 12.3 Å². The summed E-state index contributed by atoms with van der Waals surface area (Å²) < 4.78 is 10.5. The van der Waals surface area contributed by atoms with Crippen LogP contribution in [0.25, 0.3) is 0 Å². The lowest BCUT2D eigenvalue weighted by Crippen LogP contribution is -2.24. The van der Waals surface area contributed by atoms with Crippen molar-refractivity contribution >= 4 is 17.4 Å². The number of ether oxygens (including phenoxy) is 2. The van der Waals surface area contributed by atoms with Crippen LogP contribution in [0.15, 0.2) is 36.5 Å². The quantitative estimate of drug-likeness (QED) is 0.800. The largest absolute Gasteiger partial charge is 0.497 e. The van der Waals surface area contributed by atoms with Crippen LogP contribution in [0.2, 0.25) is 0 Å². The molecule has 0 saturated heterocycles. The zero-order chi connectivity index (χ0) is 16.7. The van der Waals surface area contributed by atoms with Gasteiger partial charge < -0.3 is 20.1 Å². The molecular formula is C17H17N3O3. The summed E-state index contributed by atoms with van der Waals surface area (Å²) in [4.78, 5) is 16.4. The molecule has 0 bridgehead atoms. The van der Waals surface area contributed by atoms with E-state index in [1.165, 1.54) is 0 Å². The Hall–Kier alpha value is -3.20. The number of terminal acetylenes is 1. The molecule has 1 heterocycles. The van der Waals surface area contributed by atoms with Crippen molar-refractivity contribution in [3.63, 3.8) is 0 Å². The normalized spacial score (nSPS) is 9.61. The molecule has 0 unspecified atom stereocenters. The minimum atomic E-state index is -0.305. The highest BCUT2D eigenvalue weighted by Crippen LogP contribution is 2.31. The number of nitrogens with zero attached hydrogens (tertiary/aromatic N) is 1. The molecule has 0 aliphatic heterocycles. The number of nitrogens with one attached hydrogen (secondary N) is 2. The molecule has 2 aromatic rings. The van der Waals surface area contributed by atoms with Gasteiger partial charge in [-0.15, -0.1) is 6.42 Å². The molecule has 6 nitrogen and oxygen atoms in total. The molecule has 0 aliphatic carbocycles. The minimum absolute atomic E-state index is 0.148. The van der Waals surface area contributed by atoms with E-state index in [0.717, 1.165) is 0 Å². The summed E-state index contributed by atoms with van der Waals surface area (Å²) in [5.41, 5.74) is 1.02. The lowest BCUT2D eigenvalue weighted by atomic mass is 10.2. The molecule has 118 valence electrons. The van der Waals surface area contributed by atoms with Crippen molar-refractivity contribution < 1.29 is 14.3 Å². The van der Waals surface area contributed by atoms with Crippen LogP contribution in [0.3, 0.4) is 0 Å². The van der Waals surface area contributed by atoms with Gasteiger partial charge in [-0.25, -0.2) is 4.98 Å². The van der Waals surface area contributed by atoms with Crippen LogP contribution in [0.5, 0.6) is 11.5 Å². The fourth-order valence-corrected chi connectivity index (χ4v) is 1.95. The maximum Gasteiger partial charge on any atom is 0.255 e. The first kappa shape index (κ1) is 16.2. The molecule has 2 N–H and O–H groups in total. The molecule has 2 rings (SSSR count). The molecule has 0 radical (unpaired) electrons. The van der Waals surface area contributed by atoms with Gasteiger partial charge in [-0.3, -0.25) is 4.79 Å². The van der Waals surface area contributed by atoms with Crippen molar-refractivity contribution in [2.75, 3.05) is 26.1 Å². The van der Waals surface area contributed by atoms with Crippen LogP contribution < -0.4 is 20.1 Å². The number of benzene rings is 1. The molecular weight excluding hydrogens is 294 g/mol. The number of carbonyl (C=O) groups is 1. The number of pyridine rings is 1. The molecule has 1 aromatic heterocycles. The number of hydrogen-bond donors (Lipinski definition) is 2. The maximum atomic E-state index is 12.1. The second-order valence-corrected chi connectivity index (χ2v) is 4.48. The Morgan fingerprint density at radius 1 is 1.30 bits per heavy atom. The molecule has 23 heavy (non-hydrogen) atoms. The molecule has 0 aliphatic rings. The van der Waals surface area contributed by atoms with Crippen molar-refractivity contribution in [1.82, 2.24) is 10.3 Å². The summed E-state index contributed by atoms with van der Waals surface area (Å²) in [5, 5.41) is 5.71. The summed E-state index contributed by atoms with van der Waals surface area (Å²) in [7, 11) is 3.14. The van der Waals surface area contributed by atoms with E-state index in [9.17, 15) is 4.79 Å². The van der Waals surface area contributed by atoms with Gasteiger partial charge in [-0.1, -0.05) is 5.92 Å². The second kappa shape index (κ2) is 7.71. The standard InChI is InChI=1S/C17H17N3O3/c1-4-9-19-17(21)13-6-5-10-18-16(13)20-14-11-12(22-2)7-8-15(14)23-3/h1,5-8,10-11H,9H2,2-3H3,(H,18,20)(H,19,21). The zero-order valence-corrected chi connectivity index (χ0v) is 12.9. The van der Waals surface area contributed by atoms with Crippen molar-refractivity contribution in [2.45, 2.75) is 0 Å². The van der Waals surface area contributed by atoms with Gasteiger partial charge in [0, 0.05) is 12.3 Å². The number of rotatable bonds is 6. The van der Waals surface area contributed by atoms with Crippen LogP contribution in [0.1, 0.15) is 10.4 Å². The van der Waals surface area contributed by atoms with E-state index in [2.05, 4.69) is 21.5 Å². The Morgan fingerprint density at radius 2 is 2.13 bits per heavy atom. The third kappa shape index (κ3) is 3.92. The predicted octanol–water partition coefficient (Wildman–Crippen LogP) is 2.21. The summed E-state index contributed by atoms with van der Waals surface area (Å²) in [6, 6.07) is 8.65. The van der Waals surface area contributed by atoms with E-state index in [0.29, 0.717) is 28.6 Å². The van der Waals surface area contributed by atoms with E-state index in [4.69, 9.17) is 15.9 Å². The summed E-state index contributed by atoms with van der Waals surface area (Å²) in [6.07, 6.45) is 6.75. The molecule has 1 amide bonds. The number of amides is 1. The highest BCUT2D eigenvalue weighted by atomic mass is 16.5. The first-order chi connectivity index (χ1) is 11.2. The molecule has 6 heteroatoms. The number of methoxy groups -OCH3 is 2. The molecule has 0 saturated carbocycles. The van der Waals surface area contributed by atoms with Crippen LogP contribution >= 0.6 is 0 Å². The fourth-order valence-electron chi connectivity index (χ4n) is 1.95. The predicted molar refractivity (Wildman–Crippen MR) is 88.2 cm³/mol. The van der Waals surface area contributed by atoms with Crippen LogP contribution in [0.4, 0.5) is 11.5 Å². The number of aromatic nitrogens is 1. The lowest BCUT2D eigenvalue weighted by Gasteiger charge is -2.14. The Kier molecular flexibility index (Phi) is 5.42. The van der Waals surface area contributed by atoms with Gasteiger partial charge in [0.05, 0.1) is 32.0 Å². The van der Waals surface area contributed by atoms with Gasteiger partial charge in [0.25, 0.3) is 5.91 Å². The molecule has 0 atom stereocenters.